The van der Waals surface area contributed by atoms with Gasteiger partial charge in [0.25, 0.3) is 5.91 Å². The van der Waals surface area contributed by atoms with Crippen molar-refractivity contribution in [3.63, 3.8) is 0 Å². The number of benzene rings is 1. The fraction of sp³-hybridized carbons (Fsp3) is 0.278. The summed E-state index contributed by atoms with van der Waals surface area (Å²) in [7, 11) is 1.98. The average molecular weight is 499 g/mol. The fourth-order valence-electron chi connectivity index (χ4n) is 2.66. The second-order valence-corrected chi connectivity index (χ2v) is 8.31. The molecule has 2 aromatic rings. The summed E-state index contributed by atoms with van der Waals surface area (Å²) in [5.74, 6) is -4.20. The molecule has 0 saturated carbocycles. The quantitative estimate of drug-likeness (QED) is 0.569. The highest BCUT2D eigenvalue weighted by Crippen LogP contribution is 2.37. The molecular formula is C18H15Cl2F3N2O5S. The predicted molar refractivity (Wildman–Crippen MR) is 109 cm³/mol. The summed E-state index contributed by atoms with van der Waals surface area (Å²) in [6.07, 6.45) is -4.42. The van der Waals surface area contributed by atoms with Gasteiger partial charge in [-0.25, -0.2) is 9.59 Å². The van der Waals surface area contributed by atoms with Gasteiger partial charge in [0.15, 0.2) is 0 Å². The second kappa shape index (κ2) is 9.86. The monoisotopic (exact) mass is 498 g/mol. The minimum Gasteiger partial charge on any atom is -0.478 e. The molecule has 2 heterocycles. The molecule has 0 bridgehead atoms. The van der Waals surface area contributed by atoms with Crippen molar-refractivity contribution in [2.45, 2.75) is 19.1 Å². The molecule has 168 valence electrons. The summed E-state index contributed by atoms with van der Waals surface area (Å²) in [5.41, 5.74) is 1.33. The number of anilines is 1. The van der Waals surface area contributed by atoms with E-state index in [0.717, 1.165) is 17.0 Å². The zero-order valence-electron chi connectivity index (χ0n) is 15.7. The van der Waals surface area contributed by atoms with Gasteiger partial charge in [-0.05, 0) is 37.2 Å². The largest absolute Gasteiger partial charge is 0.490 e. The van der Waals surface area contributed by atoms with Crippen molar-refractivity contribution >= 4 is 57.4 Å². The molecule has 0 fully saturated rings. The number of carbonyl (C=O) groups is 3. The number of hydrogen-bond donors (Lipinski definition) is 3. The number of aliphatic carboxylic acids is 1. The topological polar surface area (TPSA) is 107 Å². The number of nitrogens with one attached hydrogen (secondary N) is 1. The highest BCUT2D eigenvalue weighted by molar-refractivity contribution is 7.17. The van der Waals surface area contributed by atoms with E-state index in [1.807, 2.05) is 7.05 Å². The van der Waals surface area contributed by atoms with Gasteiger partial charge in [0, 0.05) is 23.5 Å². The Kier molecular flexibility index (Phi) is 7.93. The molecule has 0 saturated heterocycles. The number of hydrogen-bond acceptors (Lipinski definition) is 5. The van der Waals surface area contributed by atoms with E-state index in [4.69, 9.17) is 33.1 Å². The Bertz CT molecular complexity index is 1030. The summed E-state index contributed by atoms with van der Waals surface area (Å²) >= 11 is 13.1. The summed E-state index contributed by atoms with van der Waals surface area (Å²) < 4.78 is 31.7. The van der Waals surface area contributed by atoms with E-state index in [2.05, 4.69) is 10.2 Å². The Hall–Kier alpha value is -2.34. The molecule has 0 aliphatic carbocycles. The van der Waals surface area contributed by atoms with Crippen molar-refractivity contribution in [2.75, 3.05) is 18.9 Å². The summed E-state index contributed by atoms with van der Waals surface area (Å²) in [4.78, 5) is 36.1. The van der Waals surface area contributed by atoms with E-state index in [-0.39, 0.29) is 10.6 Å². The maximum Gasteiger partial charge on any atom is 0.490 e. The molecule has 0 unspecified atom stereocenters. The van der Waals surface area contributed by atoms with E-state index in [1.54, 1.807) is 6.07 Å². The van der Waals surface area contributed by atoms with Crippen LogP contribution in [0.5, 0.6) is 0 Å². The number of rotatable bonds is 3. The highest BCUT2D eigenvalue weighted by Gasteiger charge is 2.38. The average Bonchev–Trinajstić information content (AvgIpc) is 3.00. The van der Waals surface area contributed by atoms with Crippen molar-refractivity contribution in [3.8, 4) is 0 Å². The van der Waals surface area contributed by atoms with Gasteiger partial charge in [-0.15, -0.1) is 11.3 Å². The lowest BCUT2D eigenvalue weighted by Gasteiger charge is -2.22. The predicted octanol–water partition coefficient (Wildman–Crippen LogP) is 4.63. The van der Waals surface area contributed by atoms with E-state index in [9.17, 15) is 27.9 Å². The van der Waals surface area contributed by atoms with Crippen molar-refractivity contribution in [2.24, 2.45) is 0 Å². The standard InChI is InChI=1S/C16H14Cl2N2O3S.C2HF3O2/c1-20-5-4-9-12(7-20)24-15(13(9)16(22)23)19-14(21)8-2-3-10(17)11(18)6-8;3-2(4,5)1(6)7/h2-3,6H,4-5,7H2,1H3,(H,19,21)(H,22,23);(H,6,7). The van der Waals surface area contributed by atoms with Crippen LogP contribution in [0.2, 0.25) is 10.0 Å². The summed E-state index contributed by atoms with van der Waals surface area (Å²) in [6.45, 7) is 1.48. The van der Waals surface area contributed by atoms with Crippen molar-refractivity contribution in [1.82, 2.24) is 4.90 Å². The van der Waals surface area contributed by atoms with Gasteiger partial charge in [-0.3, -0.25) is 4.79 Å². The van der Waals surface area contributed by atoms with Gasteiger partial charge in [0.1, 0.15) is 5.00 Å². The molecule has 3 N–H and O–H groups in total. The van der Waals surface area contributed by atoms with Crippen LogP contribution in [0.3, 0.4) is 0 Å². The first-order chi connectivity index (χ1) is 14.3. The van der Waals surface area contributed by atoms with Gasteiger partial charge in [-0.2, -0.15) is 13.2 Å². The van der Waals surface area contributed by atoms with Crippen LogP contribution < -0.4 is 5.32 Å². The first-order valence-electron chi connectivity index (χ1n) is 8.44. The Labute approximate surface area is 188 Å². The van der Waals surface area contributed by atoms with Gasteiger partial charge in [0.2, 0.25) is 0 Å². The maximum absolute atomic E-state index is 12.4. The minimum atomic E-state index is -5.08. The van der Waals surface area contributed by atoms with Crippen LogP contribution in [-0.2, 0) is 17.8 Å². The Morgan fingerprint density at radius 2 is 1.77 bits per heavy atom. The third-order valence-corrected chi connectivity index (χ3v) is 5.98. The number of halogens is 5. The zero-order chi connectivity index (χ0) is 23.5. The van der Waals surface area contributed by atoms with Gasteiger partial charge in [-0.1, -0.05) is 23.2 Å². The number of amides is 1. The van der Waals surface area contributed by atoms with E-state index < -0.39 is 24.0 Å². The first-order valence-corrected chi connectivity index (χ1v) is 10.0. The fourth-order valence-corrected chi connectivity index (χ4v) is 4.27. The molecular weight excluding hydrogens is 484 g/mol. The second-order valence-electron chi connectivity index (χ2n) is 6.39. The molecule has 7 nitrogen and oxygen atoms in total. The van der Waals surface area contributed by atoms with Crippen LogP contribution in [0, 0.1) is 0 Å². The number of likely N-dealkylation sites (N-methyl/N-ethyl adjacent to an activating group) is 1. The molecule has 1 aromatic heterocycles. The van der Waals surface area contributed by atoms with Gasteiger partial charge in [0.05, 0.1) is 15.6 Å². The number of thiophene rings is 1. The number of carboxylic acids is 2. The van der Waals surface area contributed by atoms with Crippen LogP contribution in [0.25, 0.3) is 0 Å². The van der Waals surface area contributed by atoms with Crippen molar-refractivity contribution in [1.29, 1.82) is 0 Å². The maximum atomic E-state index is 12.4. The van der Waals surface area contributed by atoms with Crippen LogP contribution in [0.1, 0.15) is 31.2 Å². The normalized spacial score (nSPS) is 13.6. The summed E-state index contributed by atoms with van der Waals surface area (Å²) in [6, 6.07) is 4.54. The van der Waals surface area contributed by atoms with Gasteiger partial charge < -0.3 is 20.4 Å². The smallest absolute Gasteiger partial charge is 0.478 e. The molecule has 3 rings (SSSR count). The molecule has 1 aliphatic rings. The number of carbonyl (C=O) groups excluding carboxylic acids is 1. The molecule has 0 atom stereocenters. The highest BCUT2D eigenvalue weighted by atomic mass is 35.5. The number of fused-ring (bicyclic) bond motifs is 1. The lowest BCUT2D eigenvalue weighted by Crippen LogP contribution is -2.26. The first kappa shape index (κ1) is 24.9. The molecule has 1 aliphatic heterocycles. The van der Waals surface area contributed by atoms with Crippen molar-refractivity contribution < 1.29 is 37.8 Å². The zero-order valence-corrected chi connectivity index (χ0v) is 18.0. The third kappa shape index (κ3) is 6.33. The molecule has 1 amide bonds. The third-order valence-electron chi connectivity index (χ3n) is 4.11. The SMILES string of the molecule is CN1CCc2c(sc(NC(=O)c3ccc(Cl)c(Cl)c3)c2C(=O)O)C1.O=C(O)C(F)(F)F. The van der Waals surface area contributed by atoms with E-state index >= 15 is 0 Å². The van der Waals surface area contributed by atoms with Crippen LogP contribution in [0.15, 0.2) is 18.2 Å². The molecule has 13 heteroatoms. The molecule has 31 heavy (non-hydrogen) atoms. The number of aromatic carboxylic acids is 1. The Morgan fingerprint density at radius 3 is 2.29 bits per heavy atom. The van der Waals surface area contributed by atoms with E-state index in [0.29, 0.717) is 28.6 Å². The lowest BCUT2D eigenvalue weighted by atomic mass is 10.0. The number of carboxylic acid groups (broad SMARTS) is 2. The molecule has 0 radical (unpaired) electrons. The van der Waals surface area contributed by atoms with Crippen LogP contribution in [-0.4, -0.2) is 52.7 Å². The Balaban J connectivity index is 0.000000423. The van der Waals surface area contributed by atoms with E-state index in [1.165, 1.54) is 23.5 Å². The Morgan fingerprint density at radius 1 is 1.16 bits per heavy atom. The molecule has 0 spiro atoms. The lowest BCUT2D eigenvalue weighted by molar-refractivity contribution is -0.192. The van der Waals surface area contributed by atoms with Crippen molar-refractivity contribution in [3.05, 3.63) is 49.8 Å². The minimum absolute atomic E-state index is 0.191. The molecule has 1 aromatic carbocycles. The van der Waals surface area contributed by atoms with Crippen LogP contribution >= 0.6 is 34.5 Å². The summed E-state index contributed by atoms with van der Waals surface area (Å²) in [5, 5.41) is 20.4. The van der Waals surface area contributed by atoms with Crippen LogP contribution in [0.4, 0.5) is 18.2 Å². The van der Waals surface area contributed by atoms with Gasteiger partial charge >= 0.3 is 18.1 Å². The number of nitrogens with zero attached hydrogens (tertiary/aromatic N) is 1. The number of alkyl halides is 3.